The van der Waals surface area contributed by atoms with E-state index in [0.717, 1.165) is 44.6 Å². The Labute approximate surface area is 168 Å². The summed E-state index contributed by atoms with van der Waals surface area (Å²) in [5.74, 6) is 0.318. The maximum Gasteiger partial charge on any atom is 0.237 e. The van der Waals surface area contributed by atoms with E-state index in [-0.39, 0.29) is 11.8 Å². The summed E-state index contributed by atoms with van der Waals surface area (Å²) < 4.78 is 0. The second-order valence-corrected chi connectivity index (χ2v) is 8.24. The molecule has 0 radical (unpaired) electrons. The summed E-state index contributed by atoms with van der Waals surface area (Å²) in [7, 11) is 0. The van der Waals surface area contributed by atoms with Gasteiger partial charge in [-0.05, 0) is 38.7 Å². The minimum atomic E-state index is 0.0596. The van der Waals surface area contributed by atoms with E-state index in [2.05, 4.69) is 33.9 Å². The lowest BCUT2D eigenvalue weighted by Gasteiger charge is -2.41. The fraction of sp³-hybridized carbons (Fsp3) is 0.636. The monoisotopic (exact) mass is 386 g/mol. The Hall–Kier alpha value is -1.92. The van der Waals surface area contributed by atoms with Crippen LogP contribution in [0.3, 0.4) is 0 Å². The fourth-order valence-corrected chi connectivity index (χ4v) is 4.35. The average molecular weight is 387 g/mol. The van der Waals surface area contributed by atoms with Crippen LogP contribution in [-0.2, 0) is 16.1 Å². The number of piperidine rings is 1. The number of rotatable bonds is 6. The third-order valence-electron chi connectivity index (χ3n) is 6.01. The van der Waals surface area contributed by atoms with Gasteiger partial charge >= 0.3 is 0 Å². The molecular weight excluding hydrogens is 352 g/mol. The summed E-state index contributed by atoms with van der Waals surface area (Å²) in [5, 5.41) is 2.99. The van der Waals surface area contributed by atoms with Crippen LogP contribution in [0.1, 0.15) is 38.7 Å². The summed E-state index contributed by atoms with van der Waals surface area (Å²) >= 11 is 0. The molecule has 2 unspecified atom stereocenters. The highest BCUT2D eigenvalue weighted by Crippen LogP contribution is 2.22. The van der Waals surface area contributed by atoms with Crippen LogP contribution in [0.15, 0.2) is 30.3 Å². The molecule has 2 aliphatic heterocycles. The number of likely N-dealkylation sites (tertiary alicyclic amines) is 1. The molecule has 2 fully saturated rings. The molecule has 2 aliphatic rings. The molecule has 6 nitrogen and oxygen atoms in total. The van der Waals surface area contributed by atoms with Gasteiger partial charge in [-0.15, -0.1) is 0 Å². The maximum absolute atomic E-state index is 12.8. The van der Waals surface area contributed by atoms with Crippen molar-refractivity contribution in [1.29, 1.82) is 0 Å². The van der Waals surface area contributed by atoms with Gasteiger partial charge in [0.05, 0.1) is 13.1 Å². The van der Waals surface area contributed by atoms with Gasteiger partial charge in [-0.1, -0.05) is 30.3 Å². The van der Waals surface area contributed by atoms with Gasteiger partial charge in [-0.25, -0.2) is 0 Å². The van der Waals surface area contributed by atoms with Gasteiger partial charge in [0, 0.05) is 44.8 Å². The van der Waals surface area contributed by atoms with Crippen LogP contribution in [-0.4, -0.2) is 77.9 Å². The van der Waals surface area contributed by atoms with E-state index in [1.807, 2.05) is 30.3 Å². The molecule has 1 aromatic rings. The van der Waals surface area contributed by atoms with Gasteiger partial charge in [0.1, 0.15) is 0 Å². The second kappa shape index (κ2) is 10.0. The van der Waals surface area contributed by atoms with E-state index < -0.39 is 0 Å². The van der Waals surface area contributed by atoms with Gasteiger partial charge in [0.2, 0.25) is 11.8 Å². The molecule has 2 amide bonds. The predicted octanol–water partition coefficient (Wildman–Crippen LogP) is 1.71. The number of nitrogens with one attached hydrogen (secondary N) is 1. The number of benzene rings is 1. The Kier molecular flexibility index (Phi) is 7.45. The van der Waals surface area contributed by atoms with E-state index in [4.69, 9.17) is 0 Å². The molecule has 2 atom stereocenters. The highest BCUT2D eigenvalue weighted by atomic mass is 16.2. The molecule has 1 aromatic carbocycles. The lowest BCUT2D eigenvalue weighted by molar-refractivity contribution is -0.139. The zero-order chi connectivity index (χ0) is 19.9. The van der Waals surface area contributed by atoms with Crippen molar-refractivity contribution in [1.82, 2.24) is 20.0 Å². The van der Waals surface area contributed by atoms with Gasteiger partial charge in [-0.2, -0.15) is 0 Å². The van der Waals surface area contributed by atoms with E-state index >= 15 is 0 Å². The van der Waals surface area contributed by atoms with Gasteiger partial charge in [0.25, 0.3) is 0 Å². The second-order valence-electron chi connectivity index (χ2n) is 8.24. The van der Waals surface area contributed by atoms with Crippen LogP contribution in [0.2, 0.25) is 0 Å². The van der Waals surface area contributed by atoms with Crippen molar-refractivity contribution in [3.8, 4) is 0 Å². The first-order chi connectivity index (χ1) is 13.5. The first-order valence-electron chi connectivity index (χ1n) is 10.6. The lowest BCUT2D eigenvalue weighted by Crippen LogP contribution is -2.54. The van der Waals surface area contributed by atoms with Crippen LogP contribution in [0.5, 0.6) is 0 Å². The highest BCUT2D eigenvalue weighted by molar-refractivity contribution is 5.79. The minimum Gasteiger partial charge on any atom is -0.351 e. The SMILES string of the molecule is CC1CCCC(C)N1C(=O)CN1CCN(CC(=O)NCc2ccccc2)CC1. The van der Waals surface area contributed by atoms with E-state index in [1.54, 1.807) is 0 Å². The predicted molar refractivity (Wildman–Crippen MR) is 111 cm³/mol. The van der Waals surface area contributed by atoms with E-state index in [1.165, 1.54) is 6.42 Å². The number of piperazine rings is 1. The van der Waals surface area contributed by atoms with Crippen LogP contribution in [0.4, 0.5) is 0 Å². The average Bonchev–Trinajstić information content (AvgIpc) is 2.68. The van der Waals surface area contributed by atoms with Crippen molar-refractivity contribution in [2.24, 2.45) is 0 Å². The third-order valence-corrected chi connectivity index (χ3v) is 6.01. The zero-order valence-corrected chi connectivity index (χ0v) is 17.3. The molecule has 2 heterocycles. The smallest absolute Gasteiger partial charge is 0.237 e. The van der Waals surface area contributed by atoms with Crippen LogP contribution in [0.25, 0.3) is 0 Å². The molecule has 0 aliphatic carbocycles. The Morgan fingerprint density at radius 3 is 2.11 bits per heavy atom. The number of amides is 2. The molecule has 28 heavy (non-hydrogen) atoms. The van der Waals surface area contributed by atoms with Crippen molar-refractivity contribution in [3.63, 3.8) is 0 Å². The van der Waals surface area contributed by atoms with Gasteiger partial charge < -0.3 is 10.2 Å². The highest BCUT2D eigenvalue weighted by Gasteiger charge is 2.30. The first kappa shape index (κ1) is 20.8. The molecular formula is C22H34N4O2. The van der Waals surface area contributed by atoms with Gasteiger partial charge in [-0.3, -0.25) is 19.4 Å². The van der Waals surface area contributed by atoms with Crippen LogP contribution >= 0.6 is 0 Å². The topological polar surface area (TPSA) is 55.9 Å². The summed E-state index contributed by atoms with van der Waals surface area (Å²) in [6.45, 7) is 9.17. The summed E-state index contributed by atoms with van der Waals surface area (Å²) in [5.41, 5.74) is 1.11. The summed E-state index contributed by atoms with van der Waals surface area (Å²) in [6.07, 6.45) is 3.45. The Bertz CT molecular complexity index is 633. The Morgan fingerprint density at radius 1 is 0.929 bits per heavy atom. The number of nitrogens with zero attached hydrogens (tertiary/aromatic N) is 3. The lowest BCUT2D eigenvalue weighted by atomic mass is 9.97. The number of carbonyl (C=O) groups excluding carboxylic acids is 2. The number of hydrogen-bond donors (Lipinski definition) is 1. The van der Waals surface area contributed by atoms with Crippen molar-refractivity contribution < 1.29 is 9.59 Å². The third kappa shape index (κ3) is 5.79. The molecule has 1 N–H and O–H groups in total. The van der Waals surface area contributed by atoms with Crippen LogP contribution < -0.4 is 5.32 Å². The zero-order valence-electron chi connectivity index (χ0n) is 17.3. The maximum atomic E-state index is 12.8. The summed E-state index contributed by atoms with van der Waals surface area (Å²) in [4.78, 5) is 31.5. The van der Waals surface area contributed by atoms with Crippen molar-refractivity contribution >= 4 is 11.8 Å². The van der Waals surface area contributed by atoms with Crippen LogP contribution in [0, 0.1) is 0 Å². The molecule has 0 aromatic heterocycles. The standard InChI is InChI=1S/C22H34N4O2/c1-18-7-6-8-19(2)26(18)22(28)17-25-13-11-24(12-14-25)16-21(27)23-15-20-9-4-3-5-10-20/h3-5,9-10,18-19H,6-8,11-17H2,1-2H3,(H,23,27). The Morgan fingerprint density at radius 2 is 1.50 bits per heavy atom. The number of hydrogen-bond acceptors (Lipinski definition) is 4. The first-order valence-corrected chi connectivity index (χ1v) is 10.6. The largest absolute Gasteiger partial charge is 0.351 e. The quantitative estimate of drug-likeness (QED) is 0.809. The van der Waals surface area contributed by atoms with Crippen molar-refractivity contribution in [2.45, 2.75) is 51.7 Å². The molecule has 2 saturated heterocycles. The summed E-state index contributed by atoms with van der Waals surface area (Å²) in [6, 6.07) is 10.7. The van der Waals surface area contributed by atoms with E-state index in [0.29, 0.717) is 31.7 Å². The Balaban J connectivity index is 1.37. The molecule has 0 spiro atoms. The van der Waals surface area contributed by atoms with Gasteiger partial charge in [0.15, 0.2) is 0 Å². The molecule has 0 saturated carbocycles. The molecule has 3 rings (SSSR count). The molecule has 6 heteroatoms. The fourth-order valence-electron chi connectivity index (χ4n) is 4.35. The normalized spacial score (nSPS) is 24.1. The molecule has 154 valence electrons. The number of carbonyl (C=O) groups is 2. The van der Waals surface area contributed by atoms with Crippen molar-refractivity contribution in [3.05, 3.63) is 35.9 Å². The van der Waals surface area contributed by atoms with E-state index in [9.17, 15) is 9.59 Å². The molecule has 0 bridgehead atoms. The minimum absolute atomic E-state index is 0.0596. The van der Waals surface area contributed by atoms with Crippen molar-refractivity contribution in [2.75, 3.05) is 39.3 Å².